The molecule has 0 saturated carbocycles. The number of fused-ring (bicyclic) bond motifs is 1. The lowest BCUT2D eigenvalue weighted by Crippen LogP contribution is -2.40. The first kappa shape index (κ1) is 28.8. The third kappa shape index (κ3) is 6.04. The predicted octanol–water partition coefficient (Wildman–Crippen LogP) is 3.28. The SMILES string of the molecule is CC(=O)O[C@@H]1[C@H](OC(C)=O)[C@@H](COC(=O)c2ccc([N+](=O)[O-])cc2)O[C@H]1c1cn(C(C)=O)c2cc([N+](=O)[O-])ccc12. The number of rotatable bonds is 8. The van der Waals surface area contributed by atoms with E-state index in [9.17, 15) is 39.4 Å². The van der Waals surface area contributed by atoms with E-state index in [4.69, 9.17) is 18.9 Å². The lowest BCUT2D eigenvalue weighted by atomic mass is 10.00. The van der Waals surface area contributed by atoms with Gasteiger partial charge in [0, 0.05) is 62.2 Å². The molecule has 1 saturated heterocycles. The molecule has 2 heterocycles. The van der Waals surface area contributed by atoms with Crippen LogP contribution in [0.3, 0.4) is 0 Å². The zero-order valence-electron chi connectivity index (χ0n) is 21.9. The van der Waals surface area contributed by atoms with Crippen molar-refractivity contribution < 1.29 is 48.0 Å². The molecule has 1 aliphatic heterocycles. The van der Waals surface area contributed by atoms with Crippen LogP contribution in [0.4, 0.5) is 11.4 Å². The van der Waals surface area contributed by atoms with Crippen molar-refractivity contribution in [2.75, 3.05) is 6.61 Å². The lowest BCUT2D eigenvalue weighted by molar-refractivity contribution is -0.385. The smallest absolute Gasteiger partial charge is 0.338 e. The summed E-state index contributed by atoms with van der Waals surface area (Å²) in [6.45, 7) is 3.03. The van der Waals surface area contributed by atoms with Gasteiger partial charge in [0.2, 0.25) is 5.91 Å². The standard InChI is InChI=1S/C26H23N3O12/c1-13(30)27-11-20(19-9-8-18(29(36)37)10-21(19)27)23-25(40-15(3)32)24(39-14(2)31)22(41-23)12-38-26(33)16-4-6-17(7-5-16)28(34)35/h4-11,22-25H,12H2,1-3H3/t22-,23+,24-,25+/m1/s1. The van der Waals surface area contributed by atoms with E-state index in [0.29, 0.717) is 10.9 Å². The summed E-state index contributed by atoms with van der Waals surface area (Å²) < 4.78 is 23.5. The number of nitro groups is 2. The Labute approximate surface area is 230 Å². The van der Waals surface area contributed by atoms with Crippen LogP contribution in [0.5, 0.6) is 0 Å². The van der Waals surface area contributed by atoms with Crippen molar-refractivity contribution in [3.63, 3.8) is 0 Å². The Bertz CT molecular complexity index is 1560. The summed E-state index contributed by atoms with van der Waals surface area (Å²) in [5, 5.41) is 22.6. The number of hydrogen-bond acceptors (Lipinski definition) is 12. The largest absolute Gasteiger partial charge is 0.459 e. The van der Waals surface area contributed by atoms with E-state index in [-0.39, 0.29) is 22.5 Å². The highest BCUT2D eigenvalue weighted by atomic mass is 16.7. The first-order valence-electron chi connectivity index (χ1n) is 12.1. The summed E-state index contributed by atoms with van der Waals surface area (Å²) >= 11 is 0. The number of hydrogen-bond donors (Lipinski definition) is 0. The molecule has 1 aromatic heterocycles. The van der Waals surface area contributed by atoms with Crippen LogP contribution in [0, 0.1) is 20.2 Å². The van der Waals surface area contributed by atoms with Gasteiger partial charge in [-0.3, -0.25) is 39.2 Å². The molecule has 1 fully saturated rings. The normalized spacial score (nSPS) is 19.9. The maximum absolute atomic E-state index is 12.6. The van der Waals surface area contributed by atoms with Crippen molar-refractivity contribution in [3.05, 3.63) is 80.0 Å². The molecule has 15 nitrogen and oxygen atoms in total. The Kier molecular flexibility index (Phi) is 8.09. The summed E-state index contributed by atoms with van der Waals surface area (Å²) in [5.41, 5.74) is 0.0265. The summed E-state index contributed by atoms with van der Waals surface area (Å²) in [5.74, 6) is -2.80. The first-order chi connectivity index (χ1) is 19.4. The van der Waals surface area contributed by atoms with Crippen molar-refractivity contribution in [3.8, 4) is 0 Å². The molecule has 0 aliphatic carbocycles. The van der Waals surface area contributed by atoms with E-state index < -0.39 is 64.7 Å². The number of nitro benzene ring substituents is 2. The number of aromatic nitrogens is 1. The van der Waals surface area contributed by atoms with Gasteiger partial charge < -0.3 is 18.9 Å². The Hall–Kier alpha value is -5.18. The van der Waals surface area contributed by atoms with Crippen LogP contribution in [0.15, 0.2) is 48.7 Å². The van der Waals surface area contributed by atoms with E-state index in [1.54, 1.807) is 0 Å². The van der Waals surface area contributed by atoms with Crippen molar-refractivity contribution in [1.82, 2.24) is 4.57 Å². The minimum Gasteiger partial charge on any atom is -0.459 e. The quantitative estimate of drug-likeness (QED) is 0.166. The molecule has 4 rings (SSSR count). The molecule has 4 atom stereocenters. The number of carbonyl (C=O) groups is 4. The fourth-order valence-corrected chi connectivity index (χ4v) is 4.57. The van der Waals surface area contributed by atoms with E-state index in [1.807, 2.05) is 0 Å². The van der Waals surface area contributed by atoms with Crippen LogP contribution < -0.4 is 0 Å². The van der Waals surface area contributed by atoms with Crippen LogP contribution in [0.1, 0.15) is 47.6 Å². The molecule has 214 valence electrons. The van der Waals surface area contributed by atoms with Crippen molar-refractivity contribution in [2.24, 2.45) is 0 Å². The Balaban J connectivity index is 1.69. The highest BCUT2D eigenvalue weighted by Gasteiger charge is 2.51. The van der Waals surface area contributed by atoms with Gasteiger partial charge in [-0.25, -0.2) is 4.79 Å². The molecular formula is C26H23N3O12. The van der Waals surface area contributed by atoms with Gasteiger partial charge in [0.25, 0.3) is 11.4 Å². The monoisotopic (exact) mass is 569 g/mol. The number of carbonyl (C=O) groups excluding carboxylic acids is 4. The second kappa shape index (κ2) is 11.5. The fraction of sp³-hybridized carbons (Fsp3) is 0.308. The maximum Gasteiger partial charge on any atom is 0.338 e. The highest BCUT2D eigenvalue weighted by Crippen LogP contribution is 2.41. The van der Waals surface area contributed by atoms with Gasteiger partial charge in [0.15, 0.2) is 12.2 Å². The van der Waals surface area contributed by atoms with Crippen LogP contribution in [0.25, 0.3) is 10.9 Å². The second-order valence-corrected chi connectivity index (χ2v) is 9.08. The molecule has 3 aromatic rings. The van der Waals surface area contributed by atoms with E-state index in [1.165, 1.54) is 48.0 Å². The lowest BCUT2D eigenvalue weighted by Gasteiger charge is -2.23. The Morgan fingerprint density at radius 1 is 0.878 bits per heavy atom. The molecule has 0 unspecified atom stereocenters. The number of benzene rings is 2. The summed E-state index contributed by atoms with van der Waals surface area (Å²) in [6.07, 6.45) is -3.41. The van der Waals surface area contributed by atoms with Gasteiger partial charge in [-0.15, -0.1) is 0 Å². The Morgan fingerprint density at radius 2 is 1.46 bits per heavy atom. The summed E-state index contributed by atoms with van der Waals surface area (Å²) in [6, 6.07) is 8.54. The molecule has 0 radical (unpaired) electrons. The average molecular weight is 569 g/mol. The third-order valence-corrected chi connectivity index (χ3v) is 6.28. The fourth-order valence-electron chi connectivity index (χ4n) is 4.57. The topological polar surface area (TPSA) is 196 Å². The summed E-state index contributed by atoms with van der Waals surface area (Å²) in [7, 11) is 0. The maximum atomic E-state index is 12.6. The van der Waals surface area contributed by atoms with Gasteiger partial charge >= 0.3 is 17.9 Å². The van der Waals surface area contributed by atoms with Crippen molar-refractivity contribution in [1.29, 1.82) is 0 Å². The number of non-ortho nitro benzene ring substituents is 2. The van der Waals surface area contributed by atoms with E-state index in [2.05, 4.69) is 0 Å². The molecule has 0 bridgehead atoms. The molecule has 0 N–H and O–H groups in total. The van der Waals surface area contributed by atoms with Crippen LogP contribution >= 0.6 is 0 Å². The van der Waals surface area contributed by atoms with E-state index >= 15 is 0 Å². The van der Waals surface area contributed by atoms with E-state index in [0.717, 1.165) is 26.0 Å². The van der Waals surface area contributed by atoms with Crippen LogP contribution in [-0.2, 0) is 28.5 Å². The average Bonchev–Trinajstić information content (AvgIpc) is 3.44. The Morgan fingerprint density at radius 3 is 2.02 bits per heavy atom. The molecule has 41 heavy (non-hydrogen) atoms. The molecular weight excluding hydrogens is 546 g/mol. The van der Waals surface area contributed by atoms with Gasteiger partial charge in [0.05, 0.1) is 20.9 Å². The van der Waals surface area contributed by atoms with Gasteiger partial charge in [-0.1, -0.05) is 0 Å². The predicted molar refractivity (Wildman–Crippen MR) is 137 cm³/mol. The second-order valence-electron chi connectivity index (χ2n) is 9.08. The van der Waals surface area contributed by atoms with Crippen molar-refractivity contribution >= 4 is 46.1 Å². The molecule has 15 heteroatoms. The van der Waals surface area contributed by atoms with Crippen molar-refractivity contribution in [2.45, 2.75) is 45.2 Å². The van der Waals surface area contributed by atoms with Gasteiger partial charge in [-0.05, 0) is 18.2 Å². The minimum absolute atomic E-state index is 0.0110. The molecule has 0 amide bonds. The van der Waals surface area contributed by atoms with Crippen LogP contribution in [-0.4, -0.2) is 63.1 Å². The first-order valence-corrected chi connectivity index (χ1v) is 12.1. The zero-order chi connectivity index (χ0) is 30.0. The van der Waals surface area contributed by atoms with Gasteiger partial charge in [0.1, 0.15) is 18.8 Å². The number of nitrogens with zero attached hydrogens (tertiary/aromatic N) is 3. The highest BCUT2D eigenvalue weighted by molar-refractivity contribution is 5.95. The summed E-state index contributed by atoms with van der Waals surface area (Å²) in [4.78, 5) is 70.0. The number of esters is 3. The third-order valence-electron chi connectivity index (χ3n) is 6.28. The van der Waals surface area contributed by atoms with Crippen LogP contribution in [0.2, 0.25) is 0 Å². The molecule has 0 spiro atoms. The number of ether oxygens (including phenoxy) is 4. The minimum atomic E-state index is -1.25. The molecule has 1 aliphatic rings. The van der Waals surface area contributed by atoms with Gasteiger partial charge in [-0.2, -0.15) is 0 Å². The zero-order valence-corrected chi connectivity index (χ0v) is 21.9. The molecule has 2 aromatic carbocycles.